The highest BCUT2D eigenvalue weighted by Gasteiger charge is 2.60. The molecule has 1 unspecified atom stereocenters. The minimum Gasteiger partial charge on any atom is -0.463 e. The summed E-state index contributed by atoms with van der Waals surface area (Å²) in [6.45, 7) is 1.81. The van der Waals surface area contributed by atoms with Gasteiger partial charge in [-0.05, 0) is 0 Å². The zero-order valence-corrected chi connectivity index (χ0v) is 14.8. The van der Waals surface area contributed by atoms with Crippen LogP contribution in [0.1, 0.15) is 20.1 Å². The van der Waals surface area contributed by atoms with Gasteiger partial charge in [0.05, 0.1) is 6.33 Å². The molecule has 1 saturated heterocycles. The van der Waals surface area contributed by atoms with E-state index in [1.54, 1.807) is 0 Å². The Balaban J connectivity index is 2.09. The number of nitrogens with one attached hydrogen (secondary N) is 1. The number of hydrogen-bond donors (Lipinski definition) is 2. The molecular weight excluding hydrogens is 377 g/mol. The number of aromatic amines is 1. The summed E-state index contributed by atoms with van der Waals surface area (Å²) in [5, 5.41) is 0. The first-order valence-electron chi connectivity index (χ1n) is 8.02. The van der Waals surface area contributed by atoms with Crippen molar-refractivity contribution in [3.63, 3.8) is 0 Å². The Morgan fingerprint density at radius 2 is 2.21 bits per heavy atom. The van der Waals surface area contributed by atoms with Gasteiger partial charge >= 0.3 is 11.9 Å². The normalized spacial score (nSPS) is 26.7. The third kappa shape index (κ3) is 3.16. The molecule has 1 fully saturated rings. The number of ether oxygens (including phenoxy) is 3. The molecule has 3 rings (SSSR count). The lowest BCUT2D eigenvalue weighted by atomic mass is 9.96. The molecule has 1 aliphatic heterocycles. The quantitative estimate of drug-likeness (QED) is 0.514. The number of esters is 2. The molecule has 0 bridgehead atoms. The number of nitrogen functional groups attached to an aromatic ring is 1. The number of aromatic nitrogens is 4. The fourth-order valence-electron chi connectivity index (χ4n) is 2.95. The Bertz CT molecular complexity index is 1040. The van der Waals surface area contributed by atoms with Crippen molar-refractivity contribution in [1.82, 2.24) is 19.5 Å². The van der Waals surface area contributed by atoms with Crippen molar-refractivity contribution in [1.29, 1.82) is 0 Å². The third-order valence-electron chi connectivity index (χ3n) is 4.08. The van der Waals surface area contributed by atoms with Crippen LogP contribution in [0.3, 0.4) is 0 Å². The first-order chi connectivity index (χ1) is 13.2. The van der Waals surface area contributed by atoms with Gasteiger partial charge in [-0.25, -0.2) is 9.37 Å². The van der Waals surface area contributed by atoms with Crippen LogP contribution in [-0.2, 0) is 23.8 Å². The molecule has 0 amide bonds. The van der Waals surface area contributed by atoms with Crippen LogP contribution < -0.4 is 11.3 Å². The Morgan fingerprint density at radius 3 is 2.82 bits per heavy atom. The van der Waals surface area contributed by atoms with Crippen LogP contribution in [0.15, 0.2) is 11.1 Å². The Labute approximate surface area is 157 Å². The lowest BCUT2D eigenvalue weighted by molar-refractivity contribution is -0.157. The predicted molar refractivity (Wildman–Crippen MR) is 91.3 cm³/mol. The van der Waals surface area contributed by atoms with Crippen LogP contribution in [0.4, 0.5) is 10.3 Å². The van der Waals surface area contributed by atoms with Crippen LogP contribution in [0.25, 0.3) is 11.2 Å². The number of anilines is 1. The van der Waals surface area contributed by atoms with E-state index in [9.17, 15) is 14.4 Å². The molecule has 28 heavy (non-hydrogen) atoms. The maximum atomic E-state index is 15.8. The molecule has 11 nitrogen and oxygen atoms in total. The van der Waals surface area contributed by atoms with Gasteiger partial charge in [0, 0.05) is 13.8 Å². The first-order valence-corrected chi connectivity index (χ1v) is 8.02. The number of terminal acetylenes is 1. The van der Waals surface area contributed by atoms with Crippen molar-refractivity contribution in [3.05, 3.63) is 16.7 Å². The maximum Gasteiger partial charge on any atom is 0.303 e. The average molecular weight is 393 g/mol. The van der Waals surface area contributed by atoms with Crippen LogP contribution in [0.5, 0.6) is 0 Å². The van der Waals surface area contributed by atoms with E-state index in [4.69, 9.17) is 26.4 Å². The van der Waals surface area contributed by atoms with Gasteiger partial charge in [-0.15, -0.1) is 6.42 Å². The fourth-order valence-corrected chi connectivity index (χ4v) is 2.95. The van der Waals surface area contributed by atoms with E-state index in [1.807, 2.05) is 5.92 Å². The van der Waals surface area contributed by atoms with Gasteiger partial charge < -0.3 is 19.9 Å². The topological polar surface area (TPSA) is 151 Å². The van der Waals surface area contributed by atoms with Gasteiger partial charge in [0.15, 0.2) is 23.5 Å². The average Bonchev–Trinajstić information content (AvgIpc) is 3.13. The van der Waals surface area contributed by atoms with E-state index in [0.717, 1.165) is 24.7 Å². The number of alkyl halides is 1. The highest BCUT2D eigenvalue weighted by molar-refractivity contribution is 5.71. The van der Waals surface area contributed by atoms with E-state index in [0.29, 0.717) is 0 Å². The number of rotatable bonds is 4. The lowest BCUT2D eigenvalue weighted by Crippen LogP contribution is -2.45. The summed E-state index contributed by atoms with van der Waals surface area (Å²) in [6, 6.07) is 0. The van der Waals surface area contributed by atoms with Crippen molar-refractivity contribution < 1.29 is 28.2 Å². The molecule has 4 atom stereocenters. The zero-order chi connectivity index (χ0) is 20.6. The lowest BCUT2D eigenvalue weighted by Gasteiger charge is -2.26. The van der Waals surface area contributed by atoms with E-state index < -0.39 is 48.2 Å². The number of H-pyrrole nitrogens is 1. The summed E-state index contributed by atoms with van der Waals surface area (Å²) in [5.74, 6) is 0.259. The number of hydrogen-bond acceptors (Lipinski definition) is 9. The molecule has 0 aliphatic carbocycles. The number of fused-ring (bicyclic) bond motifs is 1. The van der Waals surface area contributed by atoms with Crippen molar-refractivity contribution in [2.45, 2.75) is 38.0 Å². The van der Waals surface area contributed by atoms with Crippen LogP contribution in [0, 0.1) is 12.3 Å². The Morgan fingerprint density at radius 1 is 1.50 bits per heavy atom. The van der Waals surface area contributed by atoms with E-state index >= 15 is 4.39 Å². The second kappa shape index (κ2) is 6.93. The van der Waals surface area contributed by atoms with Crippen LogP contribution in [-0.4, -0.2) is 55.9 Å². The fraction of sp³-hybridized carbons (Fsp3) is 0.438. The summed E-state index contributed by atoms with van der Waals surface area (Å²) in [6.07, 6.45) is 2.12. The molecule has 0 radical (unpaired) electrons. The molecule has 3 heterocycles. The standard InChI is InChI=1S/C16H16FN5O6/c1-4-16(17)11(27-8(3)24)9(5-26-7(2)23)28-14(16)22-6-19-10-12(22)20-15(18)21-13(10)25/h1,6,9,11,14H,5H2,2-3H3,(H3,18,20,21,25)/t9-,11+,14-,16?/m1/s1. The minimum absolute atomic E-state index is 0.0850. The van der Waals surface area contributed by atoms with E-state index in [2.05, 4.69) is 15.0 Å². The highest BCUT2D eigenvalue weighted by atomic mass is 19.1. The molecule has 0 spiro atoms. The number of carbonyl (C=O) groups excluding carboxylic acids is 2. The van der Waals surface area contributed by atoms with Gasteiger partial charge in [0.2, 0.25) is 5.95 Å². The van der Waals surface area contributed by atoms with Crippen molar-refractivity contribution in [3.8, 4) is 12.3 Å². The van der Waals surface area contributed by atoms with Crippen LogP contribution >= 0.6 is 0 Å². The van der Waals surface area contributed by atoms with Crippen LogP contribution in [0.2, 0.25) is 0 Å². The molecule has 0 saturated carbocycles. The van der Waals surface area contributed by atoms with Crippen molar-refractivity contribution >= 4 is 29.1 Å². The monoisotopic (exact) mass is 393 g/mol. The molecule has 2 aromatic heterocycles. The van der Waals surface area contributed by atoms with Crippen molar-refractivity contribution in [2.24, 2.45) is 0 Å². The minimum atomic E-state index is -2.68. The van der Waals surface area contributed by atoms with Crippen molar-refractivity contribution in [2.75, 3.05) is 12.3 Å². The van der Waals surface area contributed by atoms with Gasteiger partial charge in [0.25, 0.3) is 11.2 Å². The first kappa shape index (κ1) is 19.3. The summed E-state index contributed by atoms with van der Waals surface area (Å²) in [7, 11) is 0. The van der Waals surface area contributed by atoms with Gasteiger partial charge in [-0.1, -0.05) is 5.92 Å². The second-order valence-electron chi connectivity index (χ2n) is 6.05. The summed E-state index contributed by atoms with van der Waals surface area (Å²) in [5.41, 5.74) is 2.02. The SMILES string of the molecule is C#CC1(F)[C@@H](OC(C)=O)[C@@H](COC(C)=O)O[C@H]1n1cnc2c(=O)[nH]c(N)nc21. The summed E-state index contributed by atoms with van der Waals surface area (Å²) < 4.78 is 32.4. The molecule has 2 aromatic rings. The smallest absolute Gasteiger partial charge is 0.303 e. The molecule has 0 aromatic carbocycles. The number of carbonyl (C=O) groups is 2. The van der Waals surface area contributed by atoms with E-state index in [-0.39, 0.29) is 17.1 Å². The number of imidazole rings is 1. The number of nitrogens with zero attached hydrogens (tertiary/aromatic N) is 3. The van der Waals surface area contributed by atoms with Gasteiger partial charge in [-0.2, -0.15) is 4.98 Å². The van der Waals surface area contributed by atoms with Gasteiger partial charge in [0.1, 0.15) is 12.7 Å². The molecular formula is C16H16FN5O6. The number of halogens is 1. The Hall–Kier alpha value is -3.46. The van der Waals surface area contributed by atoms with Gasteiger partial charge in [-0.3, -0.25) is 23.9 Å². The maximum absolute atomic E-state index is 15.8. The zero-order valence-electron chi connectivity index (χ0n) is 14.8. The third-order valence-corrected chi connectivity index (χ3v) is 4.08. The van der Waals surface area contributed by atoms with E-state index in [1.165, 1.54) is 0 Å². The number of nitrogens with two attached hydrogens (primary N) is 1. The highest BCUT2D eigenvalue weighted by Crippen LogP contribution is 2.44. The second-order valence-corrected chi connectivity index (χ2v) is 6.05. The molecule has 12 heteroatoms. The largest absolute Gasteiger partial charge is 0.463 e. The predicted octanol–water partition coefficient (Wildman–Crippen LogP) is -0.564. The summed E-state index contributed by atoms with van der Waals surface area (Å²) >= 11 is 0. The molecule has 3 N–H and O–H groups in total. The molecule has 148 valence electrons. The summed E-state index contributed by atoms with van der Waals surface area (Å²) in [4.78, 5) is 44.6. The Kier molecular flexibility index (Phi) is 4.78. The molecule has 1 aliphatic rings.